The summed E-state index contributed by atoms with van der Waals surface area (Å²) in [6.07, 6.45) is 0. The zero-order valence-corrected chi connectivity index (χ0v) is 13.3. The number of hydrogen-bond acceptors (Lipinski definition) is 3. The predicted molar refractivity (Wildman–Crippen MR) is 78.8 cm³/mol. The average molecular weight is 316 g/mol. The van der Waals surface area contributed by atoms with Crippen LogP contribution in [0.4, 0.5) is 0 Å². The molecule has 0 aromatic heterocycles. The van der Waals surface area contributed by atoms with E-state index in [0.717, 1.165) is 16.0 Å². The van der Waals surface area contributed by atoms with Gasteiger partial charge in [-0.1, -0.05) is 20.8 Å². The average Bonchev–Trinajstić information content (AvgIpc) is 2.35. The first-order valence-electron chi connectivity index (χ1n) is 6.12. The minimum absolute atomic E-state index is 0.290. The molecule has 0 aliphatic carbocycles. The maximum Gasteiger partial charge on any atom is 0.175 e. The molecule has 0 fully saturated rings. The number of hydrogen-bond donors (Lipinski definition) is 1. The Morgan fingerprint density at radius 2 is 1.83 bits per heavy atom. The van der Waals surface area contributed by atoms with Crippen molar-refractivity contribution in [1.29, 1.82) is 0 Å². The fraction of sp³-hybridized carbons (Fsp3) is 0.571. The second kappa shape index (κ2) is 6.43. The summed E-state index contributed by atoms with van der Waals surface area (Å²) >= 11 is 3.64. The number of halogens is 1. The molecule has 3 nitrogen and oxygen atoms in total. The molecule has 1 aromatic rings. The molecular weight excluding hydrogens is 294 g/mol. The van der Waals surface area contributed by atoms with Crippen molar-refractivity contribution < 1.29 is 9.47 Å². The van der Waals surface area contributed by atoms with Crippen molar-refractivity contribution in [2.75, 3.05) is 20.8 Å². The third-order valence-electron chi connectivity index (χ3n) is 3.14. The molecular formula is C14H22BrNO2. The minimum Gasteiger partial charge on any atom is -0.493 e. The molecule has 0 saturated carbocycles. The minimum atomic E-state index is 0.290. The van der Waals surface area contributed by atoms with Gasteiger partial charge in [-0.3, -0.25) is 0 Å². The van der Waals surface area contributed by atoms with Gasteiger partial charge < -0.3 is 15.2 Å². The highest BCUT2D eigenvalue weighted by Crippen LogP contribution is 2.44. The van der Waals surface area contributed by atoms with Gasteiger partial charge in [0, 0.05) is 0 Å². The van der Waals surface area contributed by atoms with Crippen molar-refractivity contribution in [3.63, 3.8) is 0 Å². The van der Waals surface area contributed by atoms with Crippen LogP contribution in [0.3, 0.4) is 0 Å². The van der Waals surface area contributed by atoms with E-state index in [0.29, 0.717) is 18.4 Å². The van der Waals surface area contributed by atoms with E-state index in [1.165, 1.54) is 11.1 Å². The number of methoxy groups -OCH3 is 2. The molecule has 4 heteroatoms. The summed E-state index contributed by atoms with van der Waals surface area (Å²) in [5.74, 6) is 2.17. The Labute approximate surface area is 118 Å². The van der Waals surface area contributed by atoms with Crippen LogP contribution in [0.25, 0.3) is 0 Å². The van der Waals surface area contributed by atoms with Crippen molar-refractivity contribution >= 4 is 15.9 Å². The molecule has 0 heterocycles. The van der Waals surface area contributed by atoms with Crippen molar-refractivity contribution in [2.45, 2.75) is 32.6 Å². The number of rotatable bonds is 5. The Morgan fingerprint density at radius 1 is 1.22 bits per heavy atom. The standard InChI is InChI=1S/C14H22BrNO2/c1-8(2)12-10(9(3)7-16)6-11(17-4)14(18-5)13(12)15/h6,8-9H,7,16H2,1-5H3. The summed E-state index contributed by atoms with van der Waals surface area (Å²) in [5, 5.41) is 0. The first-order chi connectivity index (χ1) is 8.47. The second-order valence-electron chi connectivity index (χ2n) is 4.72. The topological polar surface area (TPSA) is 44.5 Å². The number of ether oxygens (including phenoxy) is 2. The SMILES string of the molecule is COc1cc(C(C)CN)c(C(C)C)c(Br)c1OC. The molecule has 0 saturated heterocycles. The molecule has 1 unspecified atom stereocenters. The summed E-state index contributed by atoms with van der Waals surface area (Å²) < 4.78 is 11.8. The van der Waals surface area contributed by atoms with Gasteiger partial charge in [-0.2, -0.15) is 0 Å². The van der Waals surface area contributed by atoms with Gasteiger partial charge in [0.1, 0.15) is 0 Å². The lowest BCUT2D eigenvalue weighted by Gasteiger charge is -2.23. The summed E-state index contributed by atoms with van der Waals surface area (Å²) in [6.45, 7) is 7.07. The second-order valence-corrected chi connectivity index (χ2v) is 5.51. The third-order valence-corrected chi connectivity index (χ3v) is 3.93. The Bertz CT molecular complexity index is 419. The Hall–Kier alpha value is -0.740. The number of benzene rings is 1. The van der Waals surface area contributed by atoms with Gasteiger partial charge in [0.15, 0.2) is 11.5 Å². The fourth-order valence-electron chi connectivity index (χ4n) is 2.11. The zero-order chi connectivity index (χ0) is 13.9. The molecule has 0 amide bonds. The highest BCUT2D eigenvalue weighted by molar-refractivity contribution is 9.10. The van der Waals surface area contributed by atoms with Gasteiger partial charge in [-0.15, -0.1) is 0 Å². The summed E-state index contributed by atoms with van der Waals surface area (Å²) in [4.78, 5) is 0. The molecule has 1 aromatic carbocycles. The van der Waals surface area contributed by atoms with Gasteiger partial charge >= 0.3 is 0 Å². The van der Waals surface area contributed by atoms with E-state index in [4.69, 9.17) is 15.2 Å². The van der Waals surface area contributed by atoms with Gasteiger partial charge in [-0.25, -0.2) is 0 Å². The van der Waals surface area contributed by atoms with E-state index in [9.17, 15) is 0 Å². The number of nitrogens with two attached hydrogens (primary N) is 1. The largest absolute Gasteiger partial charge is 0.493 e. The van der Waals surface area contributed by atoms with Crippen molar-refractivity contribution in [2.24, 2.45) is 5.73 Å². The van der Waals surface area contributed by atoms with Crippen molar-refractivity contribution in [3.05, 3.63) is 21.7 Å². The first kappa shape index (κ1) is 15.3. The lowest BCUT2D eigenvalue weighted by molar-refractivity contribution is 0.351. The molecule has 0 aliphatic heterocycles. The van der Waals surface area contributed by atoms with E-state index in [1.807, 2.05) is 6.07 Å². The van der Waals surface area contributed by atoms with Crippen LogP contribution in [0.2, 0.25) is 0 Å². The normalized spacial score (nSPS) is 12.7. The summed E-state index contributed by atoms with van der Waals surface area (Å²) in [6, 6.07) is 2.04. The van der Waals surface area contributed by atoms with Crippen molar-refractivity contribution in [1.82, 2.24) is 0 Å². The van der Waals surface area contributed by atoms with Crippen LogP contribution in [0.1, 0.15) is 43.7 Å². The highest BCUT2D eigenvalue weighted by Gasteiger charge is 2.22. The maximum absolute atomic E-state index is 5.80. The van der Waals surface area contributed by atoms with Crippen LogP contribution in [0, 0.1) is 0 Å². The molecule has 0 spiro atoms. The van der Waals surface area contributed by atoms with Crippen LogP contribution < -0.4 is 15.2 Å². The Kier molecular flexibility index (Phi) is 5.47. The monoisotopic (exact) mass is 315 g/mol. The third kappa shape index (κ3) is 2.81. The highest BCUT2D eigenvalue weighted by atomic mass is 79.9. The zero-order valence-electron chi connectivity index (χ0n) is 11.7. The summed E-state index contributed by atoms with van der Waals surface area (Å²) in [7, 11) is 3.30. The first-order valence-corrected chi connectivity index (χ1v) is 6.91. The lowest BCUT2D eigenvalue weighted by Crippen LogP contribution is -2.13. The molecule has 2 N–H and O–H groups in total. The van der Waals surface area contributed by atoms with E-state index in [1.54, 1.807) is 14.2 Å². The lowest BCUT2D eigenvalue weighted by atomic mass is 9.89. The Morgan fingerprint density at radius 3 is 2.22 bits per heavy atom. The molecule has 1 atom stereocenters. The smallest absolute Gasteiger partial charge is 0.175 e. The molecule has 102 valence electrons. The van der Waals surface area contributed by atoms with Gasteiger partial charge in [0.05, 0.1) is 18.7 Å². The van der Waals surface area contributed by atoms with E-state index in [-0.39, 0.29) is 0 Å². The van der Waals surface area contributed by atoms with E-state index < -0.39 is 0 Å². The molecule has 18 heavy (non-hydrogen) atoms. The van der Waals surface area contributed by atoms with Gasteiger partial charge in [-0.05, 0) is 51.5 Å². The van der Waals surface area contributed by atoms with Gasteiger partial charge in [0.25, 0.3) is 0 Å². The van der Waals surface area contributed by atoms with Crippen LogP contribution in [-0.2, 0) is 0 Å². The van der Waals surface area contributed by atoms with E-state index >= 15 is 0 Å². The van der Waals surface area contributed by atoms with E-state index in [2.05, 4.69) is 36.7 Å². The molecule has 1 rings (SSSR count). The maximum atomic E-state index is 5.80. The van der Waals surface area contributed by atoms with Crippen LogP contribution in [0.15, 0.2) is 10.5 Å². The van der Waals surface area contributed by atoms with Crippen LogP contribution in [-0.4, -0.2) is 20.8 Å². The summed E-state index contributed by atoms with van der Waals surface area (Å²) in [5.41, 5.74) is 8.26. The Balaban J connectivity index is 3.54. The predicted octanol–water partition coefficient (Wildman–Crippen LogP) is 3.65. The fourth-order valence-corrected chi connectivity index (χ4v) is 3.15. The van der Waals surface area contributed by atoms with Crippen LogP contribution in [0.5, 0.6) is 11.5 Å². The molecule has 0 bridgehead atoms. The van der Waals surface area contributed by atoms with Crippen molar-refractivity contribution in [3.8, 4) is 11.5 Å². The quantitative estimate of drug-likeness (QED) is 0.902. The van der Waals surface area contributed by atoms with Crippen LogP contribution >= 0.6 is 15.9 Å². The van der Waals surface area contributed by atoms with Gasteiger partial charge in [0.2, 0.25) is 0 Å². The molecule has 0 radical (unpaired) electrons. The molecule has 0 aliphatic rings.